The van der Waals surface area contributed by atoms with Gasteiger partial charge in [0.2, 0.25) is 5.91 Å². The molecule has 11 heteroatoms. The second-order valence-electron chi connectivity index (χ2n) is 10.4. The average Bonchev–Trinajstić information content (AvgIpc) is 3.71. The fraction of sp³-hybridized carbons (Fsp3) is 0.281. The summed E-state index contributed by atoms with van der Waals surface area (Å²) < 4.78 is 31.0. The van der Waals surface area contributed by atoms with E-state index in [1.165, 1.54) is 18.5 Å². The van der Waals surface area contributed by atoms with Crippen molar-refractivity contribution < 1.29 is 23.4 Å². The number of carbonyl (C=O) groups is 1. The fourth-order valence-corrected chi connectivity index (χ4v) is 5.27. The molecule has 2 aliphatic rings. The Morgan fingerprint density at radius 2 is 2.07 bits per heavy atom. The molecule has 3 aromatic carbocycles. The summed E-state index contributed by atoms with van der Waals surface area (Å²) in [6, 6.07) is 15.3. The van der Waals surface area contributed by atoms with E-state index in [2.05, 4.69) is 25.9 Å². The highest BCUT2D eigenvalue weighted by Crippen LogP contribution is 2.36. The number of nitrogens with zero attached hydrogens (tertiary/aromatic N) is 2. The lowest BCUT2D eigenvalue weighted by molar-refractivity contribution is -0.111. The van der Waals surface area contributed by atoms with E-state index in [9.17, 15) is 9.18 Å². The quantitative estimate of drug-likeness (QED) is 0.185. The molecule has 9 nitrogen and oxygen atoms in total. The molecule has 2 aliphatic heterocycles. The summed E-state index contributed by atoms with van der Waals surface area (Å²) in [5.41, 5.74) is 2.51. The SMILES string of the molecule is O=C(/C=C/C1CCCN1)Nc1cc2c(Nc3ccc(OCc4cccc(F)c4)c(Cl)c3)ncnc2cc1O[C@H]1CCOC1. The first-order valence-electron chi connectivity index (χ1n) is 14.2. The number of halogens is 2. The van der Waals surface area contributed by atoms with Gasteiger partial charge in [-0.1, -0.05) is 29.8 Å². The molecule has 0 saturated carbocycles. The summed E-state index contributed by atoms with van der Waals surface area (Å²) in [5, 5.41) is 10.7. The lowest BCUT2D eigenvalue weighted by Gasteiger charge is -2.18. The number of anilines is 3. The molecule has 0 radical (unpaired) electrons. The first kappa shape index (κ1) is 28.9. The maximum absolute atomic E-state index is 13.5. The fourth-order valence-electron chi connectivity index (χ4n) is 5.04. The Balaban J connectivity index is 1.23. The molecule has 2 atom stereocenters. The first-order chi connectivity index (χ1) is 21.0. The molecule has 1 amide bonds. The second-order valence-corrected chi connectivity index (χ2v) is 10.8. The predicted molar refractivity (Wildman–Crippen MR) is 164 cm³/mol. The van der Waals surface area contributed by atoms with Crippen molar-refractivity contribution in [1.29, 1.82) is 0 Å². The lowest BCUT2D eigenvalue weighted by Crippen LogP contribution is -2.20. The van der Waals surface area contributed by atoms with Gasteiger partial charge in [0.05, 0.1) is 29.4 Å². The van der Waals surface area contributed by atoms with Gasteiger partial charge in [-0.25, -0.2) is 14.4 Å². The largest absolute Gasteiger partial charge is 0.487 e. The maximum atomic E-state index is 13.5. The minimum Gasteiger partial charge on any atom is -0.487 e. The molecule has 43 heavy (non-hydrogen) atoms. The van der Waals surface area contributed by atoms with Gasteiger partial charge in [0, 0.05) is 35.7 Å². The zero-order valence-electron chi connectivity index (χ0n) is 23.3. The summed E-state index contributed by atoms with van der Waals surface area (Å²) in [4.78, 5) is 21.8. The topological polar surface area (TPSA) is 107 Å². The Hall–Kier alpha value is -4.25. The first-order valence-corrected chi connectivity index (χ1v) is 14.6. The number of rotatable bonds is 10. The Labute approximate surface area is 253 Å². The van der Waals surface area contributed by atoms with Crippen LogP contribution < -0.4 is 25.4 Å². The normalized spacial score (nSPS) is 18.3. The highest BCUT2D eigenvalue weighted by Gasteiger charge is 2.21. The lowest BCUT2D eigenvalue weighted by atomic mass is 10.1. The van der Waals surface area contributed by atoms with Crippen molar-refractivity contribution in [3.05, 3.63) is 89.5 Å². The van der Waals surface area contributed by atoms with Crippen LogP contribution in [-0.2, 0) is 16.1 Å². The van der Waals surface area contributed by atoms with Crippen LogP contribution in [0.4, 0.5) is 21.6 Å². The van der Waals surface area contributed by atoms with Crippen molar-refractivity contribution >= 4 is 45.6 Å². The third-order valence-electron chi connectivity index (χ3n) is 7.23. The van der Waals surface area contributed by atoms with Gasteiger partial charge in [0.25, 0.3) is 0 Å². The Bertz CT molecular complexity index is 1640. The summed E-state index contributed by atoms with van der Waals surface area (Å²) in [6.45, 7) is 2.25. The van der Waals surface area contributed by atoms with Crippen LogP contribution in [0.25, 0.3) is 10.9 Å². The van der Waals surface area contributed by atoms with Crippen LogP contribution in [0, 0.1) is 5.82 Å². The van der Waals surface area contributed by atoms with E-state index in [1.54, 1.807) is 42.5 Å². The van der Waals surface area contributed by atoms with Crippen LogP contribution in [-0.4, -0.2) is 47.8 Å². The molecule has 3 heterocycles. The van der Waals surface area contributed by atoms with Crippen molar-refractivity contribution in [2.45, 2.75) is 38.0 Å². The average molecular weight is 604 g/mol. The van der Waals surface area contributed by atoms with Crippen LogP contribution in [0.15, 0.2) is 73.1 Å². The van der Waals surface area contributed by atoms with Crippen molar-refractivity contribution in [3.63, 3.8) is 0 Å². The van der Waals surface area contributed by atoms with Crippen molar-refractivity contribution in [2.75, 3.05) is 30.4 Å². The molecule has 0 bridgehead atoms. The number of carbonyl (C=O) groups excluding carboxylic acids is 1. The number of fused-ring (bicyclic) bond motifs is 1. The molecule has 0 spiro atoms. The van der Waals surface area contributed by atoms with E-state index in [-0.39, 0.29) is 30.5 Å². The van der Waals surface area contributed by atoms with Crippen LogP contribution in [0.2, 0.25) is 5.02 Å². The molecule has 2 saturated heterocycles. The van der Waals surface area contributed by atoms with Gasteiger partial charge in [0.15, 0.2) is 0 Å². The molecular formula is C32H31ClFN5O4. The molecule has 1 unspecified atom stereocenters. The van der Waals surface area contributed by atoms with E-state index in [0.29, 0.717) is 63.4 Å². The zero-order valence-corrected chi connectivity index (χ0v) is 24.1. The van der Waals surface area contributed by atoms with Gasteiger partial charge in [-0.05, 0) is 61.3 Å². The van der Waals surface area contributed by atoms with Crippen LogP contribution >= 0.6 is 11.6 Å². The zero-order chi connectivity index (χ0) is 29.6. The van der Waals surface area contributed by atoms with Crippen LogP contribution in [0.5, 0.6) is 11.5 Å². The molecule has 1 aromatic heterocycles. The molecule has 4 aromatic rings. The molecule has 2 fully saturated rings. The Morgan fingerprint density at radius 1 is 1.14 bits per heavy atom. The third kappa shape index (κ3) is 7.40. The van der Waals surface area contributed by atoms with Gasteiger partial charge in [-0.15, -0.1) is 0 Å². The van der Waals surface area contributed by atoms with Crippen molar-refractivity contribution in [1.82, 2.24) is 15.3 Å². The van der Waals surface area contributed by atoms with Gasteiger partial charge in [-0.3, -0.25) is 4.79 Å². The van der Waals surface area contributed by atoms with Gasteiger partial charge >= 0.3 is 0 Å². The van der Waals surface area contributed by atoms with Crippen molar-refractivity contribution in [3.8, 4) is 11.5 Å². The maximum Gasteiger partial charge on any atom is 0.248 e. The van der Waals surface area contributed by atoms with Gasteiger partial charge in [-0.2, -0.15) is 0 Å². The predicted octanol–water partition coefficient (Wildman–Crippen LogP) is 6.16. The Morgan fingerprint density at radius 3 is 2.86 bits per heavy atom. The summed E-state index contributed by atoms with van der Waals surface area (Å²) in [6.07, 6.45) is 7.64. The minimum atomic E-state index is -0.323. The highest BCUT2D eigenvalue weighted by molar-refractivity contribution is 6.32. The van der Waals surface area contributed by atoms with E-state index >= 15 is 0 Å². The standard InChI is InChI=1S/C32H31ClFN5O4/c33-26-14-23(6-8-29(26)42-17-20-3-1-4-21(34)13-20)38-32-25-15-28(39-31(40)9-7-22-5-2-11-35-22)30(16-27(25)36-19-37-32)43-24-10-12-41-18-24/h1,3-4,6-9,13-16,19,22,24,35H,2,5,10-12,17-18H2,(H,39,40)(H,36,37,38)/b9-7+/t22?,24-/m0/s1. The highest BCUT2D eigenvalue weighted by atomic mass is 35.5. The molecule has 6 rings (SSSR count). The number of hydrogen-bond acceptors (Lipinski definition) is 8. The third-order valence-corrected chi connectivity index (χ3v) is 7.53. The number of benzene rings is 3. The van der Waals surface area contributed by atoms with Gasteiger partial charge < -0.3 is 30.2 Å². The van der Waals surface area contributed by atoms with Crippen molar-refractivity contribution in [2.24, 2.45) is 0 Å². The number of nitrogens with one attached hydrogen (secondary N) is 3. The molecular weight excluding hydrogens is 573 g/mol. The molecule has 222 valence electrons. The molecule has 0 aliphatic carbocycles. The molecule has 3 N–H and O–H groups in total. The van der Waals surface area contributed by atoms with Gasteiger partial charge in [0.1, 0.15) is 42.2 Å². The van der Waals surface area contributed by atoms with E-state index in [1.807, 2.05) is 12.1 Å². The summed E-state index contributed by atoms with van der Waals surface area (Å²) >= 11 is 6.52. The van der Waals surface area contributed by atoms with E-state index in [0.717, 1.165) is 25.8 Å². The smallest absolute Gasteiger partial charge is 0.248 e. The summed E-state index contributed by atoms with van der Waals surface area (Å²) in [5.74, 6) is 0.915. The Kier molecular flexibility index (Phi) is 8.97. The van der Waals surface area contributed by atoms with Crippen LogP contribution in [0.1, 0.15) is 24.8 Å². The van der Waals surface area contributed by atoms with Crippen LogP contribution in [0.3, 0.4) is 0 Å². The number of ether oxygens (including phenoxy) is 3. The van der Waals surface area contributed by atoms with E-state index in [4.69, 9.17) is 25.8 Å². The second kappa shape index (κ2) is 13.4. The van der Waals surface area contributed by atoms with E-state index < -0.39 is 0 Å². The number of amides is 1. The minimum absolute atomic E-state index is 0.116. The number of hydrogen-bond donors (Lipinski definition) is 3. The summed E-state index contributed by atoms with van der Waals surface area (Å²) in [7, 11) is 0. The monoisotopic (exact) mass is 603 g/mol. The number of aromatic nitrogens is 2.